The Morgan fingerprint density at radius 1 is 1.33 bits per heavy atom. The molecule has 1 rings (SSSR count). The van der Waals surface area contributed by atoms with E-state index in [9.17, 15) is 5.11 Å². The van der Waals surface area contributed by atoms with E-state index in [0.29, 0.717) is 5.92 Å². The Bertz CT molecular complexity index is 315. The molecule has 0 aliphatic carbocycles. The monoisotopic (exact) mass is 270 g/mol. The van der Waals surface area contributed by atoms with Gasteiger partial charge in [-0.15, -0.1) is 0 Å². The summed E-state index contributed by atoms with van der Waals surface area (Å²) in [5.41, 5.74) is 1.43. The van der Waals surface area contributed by atoms with Gasteiger partial charge in [0, 0.05) is 11.1 Å². The first kappa shape index (κ1) is 12.7. The summed E-state index contributed by atoms with van der Waals surface area (Å²) in [5, 5.41) is 9.38. The highest BCUT2D eigenvalue weighted by Gasteiger charge is 2.23. The zero-order chi connectivity index (χ0) is 11.5. The van der Waals surface area contributed by atoms with Gasteiger partial charge < -0.3 is 5.11 Å². The zero-order valence-corrected chi connectivity index (χ0v) is 11.2. The molecule has 1 N–H and O–H groups in total. The number of benzene rings is 1. The molecule has 2 heteroatoms. The second kappa shape index (κ2) is 5.13. The lowest BCUT2D eigenvalue weighted by atomic mass is 9.78. The quantitative estimate of drug-likeness (QED) is 0.889. The van der Waals surface area contributed by atoms with Crippen molar-refractivity contribution in [2.75, 3.05) is 6.61 Å². The largest absolute Gasteiger partial charge is 0.396 e. The summed E-state index contributed by atoms with van der Waals surface area (Å²) >= 11 is 3.46. The van der Waals surface area contributed by atoms with Crippen LogP contribution in [-0.2, 0) is 6.42 Å². The number of rotatable bonds is 3. The molecule has 84 valence electrons. The summed E-state index contributed by atoms with van der Waals surface area (Å²) in [6, 6.07) is 8.29. The zero-order valence-electron chi connectivity index (χ0n) is 9.63. The van der Waals surface area contributed by atoms with Gasteiger partial charge in [0.15, 0.2) is 0 Å². The van der Waals surface area contributed by atoms with E-state index in [4.69, 9.17) is 0 Å². The van der Waals surface area contributed by atoms with Gasteiger partial charge in [0.25, 0.3) is 0 Å². The highest BCUT2D eigenvalue weighted by atomic mass is 79.9. The molecule has 15 heavy (non-hydrogen) atoms. The molecule has 0 radical (unpaired) electrons. The maximum absolute atomic E-state index is 9.38. The number of aliphatic hydroxyl groups excluding tert-OH is 1. The molecule has 0 aliphatic rings. The Morgan fingerprint density at radius 3 is 2.47 bits per heavy atom. The van der Waals surface area contributed by atoms with Gasteiger partial charge in [-0.05, 0) is 35.4 Å². The lowest BCUT2D eigenvalue weighted by Crippen LogP contribution is -2.25. The number of aliphatic hydroxyl groups is 1. The van der Waals surface area contributed by atoms with E-state index in [0.717, 1.165) is 10.9 Å². The molecule has 0 saturated carbocycles. The van der Waals surface area contributed by atoms with Crippen molar-refractivity contribution in [3.63, 3.8) is 0 Å². The molecule has 1 atom stereocenters. The molecule has 0 heterocycles. The van der Waals surface area contributed by atoms with Crippen LogP contribution in [0.5, 0.6) is 0 Å². The van der Waals surface area contributed by atoms with E-state index in [-0.39, 0.29) is 12.0 Å². The summed E-state index contributed by atoms with van der Waals surface area (Å²) in [7, 11) is 0. The molecule has 0 fully saturated rings. The molecular formula is C13H19BrO. The van der Waals surface area contributed by atoms with Crippen molar-refractivity contribution in [1.29, 1.82) is 0 Å². The van der Waals surface area contributed by atoms with Crippen LogP contribution in [0.4, 0.5) is 0 Å². The Morgan fingerprint density at radius 2 is 2.00 bits per heavy atom. The first-order chi connectivity index (χ1) is 6.93. The summed E-state index contributed by atoms with van der Waals surface area (Å²) in [6.07, 6.45) is 0.930. The van der Waals surface area contributed by atoms with E-state index in [1.54, 1.807) is 0 Å². The van der Waals surface area contributed by atoms with Gasteiger partial charge in [-0.3, -0.25) is 0 Å². The van der Waals surface area contributed by atoms with Gasteiger partial charge in [-0.2, -0.15) is 0 Å². The first-order valence-corrected chi connectivity index (χ1v) is 6.08. The molecule has 0 saturated heterocycles. The molecule has 1 unspecified atom stereocenters. The van der Waals surface area contributed by atoms with E-state index >= 15 is 0 Å². The normalized spacial score (nSPS) is 13.9. The van der Waals surface area contributed by atoms with Crippen molar-refractivity contribution >= 4 is 15.9 Å². The van der Waals surface area contributed by atoms with Crippen LogP contribution < -0.4 is 0 Å². The highest BCUT2D eigenvalue weighted by Crippen LogP contribution is 2.29. The minimum atomic E-state index is 0.150. The third-order valence-corrected chi connectivity index (χ3v) is 3.31. The number of hydrogen-bond donors (Lipinski definition) is 1. The molecule has 0 bridgehead atoms. The second-order valence-electron chi connectivity index (χ2n) is 5.08. The SMILES string of the molecule is CC(C)(C)C(CO)Cc1cccc(Br)c1. The van der Waals surface area contributed by atoms with Crippen LogP contribution in [0.25, 0.3) is 0 Å². The van der Waals surface area contributed by atoms with Gasteiger partial charge >= 0.3 is 0 Å². The molecule has 0 aliphatic heterocycles. The summed E-state index contributed by atoms with van der Waals surface area (Å²) < 4.78 is 1.10. The summed E-state index contributed by atoms with van der Waals surface area (Å²) in [5.74, 6) is 0.312. The van der Waals surface area contributed by atoms with Crippen LogP contribution >= 0.6 is 15.9 Å². The lowest BCUT2D eigenvalue weighted by molar-refractivity contribution is 0.131. The van der Waals surface area contributed by atoms with Gasteiger partial charge in [-0.25, -0.2) is 0 Å². The predicted molar refractivity (Wildman–Crippen MR) is 67.9 cm³/mol. The van der Waals surface area contributed by atoms with E-state index in [1.807, 2.05) is 12.1 Å². The minimum absolute atomic E-state index is 0.150. The third-order valence-electron chi connectivity index (χ3n) is 2.82. The van der Waals surface area contributed by atoms with E-state index in [2.05, 4.69) is 48.8 Å². The molecule has 1 aromatic rings. The van der Waals surface area contributed by atoms with E-state index in [1.165, 1.54) is 5.56 Å². The average Bonchev–Trinajstić information content (AvgIpc) is 2.12. The van der Waals surface area contributed by atoms with Crippen molar-refractivity contribution in [3.05, 3.63) is 34.3 Å². The van der Waals surface area contributed by atoms with E-state index < -0.39 is 0 Å². The van der Waals surface area contributed by atoms with Gasteiger partial charge in [0.2, 0.25) is 0 Å². The smallest absolute Gasteiger partial charge is 0.0467 e. The maximum Gasteiger partial charge on any atom is 0.0467 e. The Labute approximate surface area is 101 Å². The standard InChI is InChI=1S/C13H19BrO/c1-13(2,3)11(9-15)7-10-5-4-6-12(14)8-10/h4-6,8,11,15H,7,9H2,1-3H3. The van der Waals surface area contributed by atoms with Crippen LogP contribution in [0.1, 0.15) is 26.3 Å². The van der Waals surface area contributed by atoms with Crippen molar-refractivity contribution < 1.29 is 5.11 Å². The topological polar surface area (TPSA) is 20.2 Å². The summed E-state index contributed by atoms with van der Waals surface area (Å²) in [6.45, 7) is 6.76. The Balaban J connectivity index is 2.76. The summed E-state index contributed by atoms with van der Waals surface area (Å²) in [4.78, 5) is 0. The minimum Gasteiger partial charge on any atom is -0.396 e. The molecule has 0 amide bonds. The van der Waals surface area contributed by atoms with Crippen LogP contribution in [0.3, 0.4) is 0 Å². The van der Waals surface area contributed by atoms with Gasteiger partial charge in [0.05, 0.1) is 0 Å². The third kappa shape index (κ3) is 3.96. The maximum atomic E-state index is 9.38. The van der Waals surface area contributed by atoms with Crippen LogP contribution in [0.2, 0.25) is 0 Å². The molecule has 1 aromatic carbocycles. The van der Waals surface area contributed by atoms with Crippen molar-refractivity contribution in [1.82, 2.24) is 0 Å². The van der Waals surface area contributed by atoms with Crippen LogP contribution in [0.15, 0.2) is 28.7 Å². The highest BCUT2D eigenvalue weighted by molar-refractivity contribution is 9.10. The Hall–Kier alpha value is -0.340. The fourth-order valence-corrected chi connectivity index (χ4v) is 2.04. The van der Waals surface area contributed by atoms with Crippen LogP contribution in [-0.4, -0.2) is 11.7 Å². The molecular weight excluding hydrogens is 252 g/mol. The fourth-order valence-electron chi connectivity index (χ4n) is 1.59. The Kier molecular flexibility index (Phi) is 4.35. The molecule has 0 spiro atoms. The van der Waals surface area contributed by atoms with Gasteiger partial charge in [-0.1, -0.05) is 48.8 Å². The lowest BCUT2D eigenvalue weighted by Gasteiger charge is -2.29. The molecule has 0 aromatic heterocycles. The average molecular weight is 271 g/mol. The van der Waals surface area contributed by atoms with Crippen molar-refractivity contribution in [3.8, 4) is 0 Å². The first-order valence-electron chi connectivity index (χ1n) is 5.29. The molecule has 1 nitrogen and oxygen atoms in total. The van der Waals surface area contributed by atoms with Crippen molar-refractivity contribution in [2.24, 2.45) is 11.3 Å². The van der Waals surface area contributed by atoms with Crippen LogP contribution in [0, 0.1) is 11.3 Å². The fraction of sp³-hybridized carbons (Fsp3) is 0.538. The van der Waals surface area contributed by atoms with Crippen molar-refractivity contribution in [2.45, 2.75) is 27.2 Å². The van der Waals surface area contributed by atoms with Gasteiger partial charge in [0.1, 0.15) is 0 Å². The second-order valence-corrected chi connectivity index (χ2v) is 6.00. The number of hydrogen-bond acceptors (Lipinski definition) is 1. The number of halogens is 1. The predicted octanol–water partition coefficient (Wildman–Crippen LogP) is 3.65.